The highest BCUT2D eigenvalue weighted by Crippen LogP contribution is 2.29. The van der Waals surface area contributed by atoms with E-state index in [2.05, 4.69) is 20.9 Å². The highest BCUT2D eigenvalue weighted by atomic mass is 32.1. The van der Waals surface area contributed by atoms with Crippen LogP contribution in [-0.2, 0) is 4.79 Å². The van der Waals surface area contributed by atoms with E-state index < -0.39 is 23.6 Å². The van der Waals surface area contributed by atoms with Gasteiger partial charge in [-0.2, -0.15) is 0 Å². The van der Waals surface area contributed by atoms with Crippen molar-refractivity contribution in [2.24, 2.45) is 5.92 Å². The lowest BCUT2D eigenvalue weighted by atomic mass is 9.86. The monoisotopic (exact) mass is 500 g/mol. The second-order valence-electron chi connectivity index (χ2n) is 8.17. The van der Waals surface area contributed by atoms with Crippen LogP contribution < -0.4 is 16.0 Å². The van der Waals surface area contributed by atoms with E-state index in [1.165, 1.54) is 11.3 Å². The fourth-order valence-corrected chi connectivity index (χ4v) is 4.66. The van der Waals surface area contributed by atoms with Crippen molar-refractivity contribution >= 4 is 40.6 Å². The SMILES string of the molecule is O=C(Nc1ccc(-c2cnc(C(=O)NC3CCC(C(=O)O)CC3)s2)cc1)Nc1ccc(F)cc1F. The van der Waals surface area contributed by atoms with E-state index in [0.29, 0.717) is 42.4 Å². The van der Waals surface area contributed by atoms with Crippen molar-refractivity contribution in [3.63, 3.8) is 0 Å². The van der Waals surface area contributed by atoms with E-state index in [4.69, 9.17) is 5.11 Å². The van der Waals surface area contributed by atoms with Gasteiger partial charge in [0, 0.05) is 24.0 Å². The fraction of sp³-hybridized carbons (Fsp3) is 0.250. The van der Waals surface area contributed by atoms with E-state index in [9.17, 15) is 23.2 Å². The topological polar surface area (TPSA) is 120 Å². The first-order valence-corrected chi connectivity index (χ1v) is 11.7. The molecule has 4 N–H and O–H groups in total. The summed E-state index contributed by atoms with van der Waals surface area (Å²) in [5, 5.41) is 17.2. The number of amides is 3. The lowest BCUT2D eigenvalue weighted by Gasteiger charge is -2.26. The summed E-state index contributed by atoms with van der Waals surface area (Å²) in [4.78, 5) is 40.7. The molecule has 1 aromatic heterocycles. The average molecular weight is 501 g/mol. The highest BCUT2D eigenvalue weighted by molar-refractivity contribution is 7.17. The number of urea groups is 1. The first kappa shape index (κ1) is 24.3. The Morgan fingerprint density at radius 3 is 2.34 bits per heavy atom. The van der Waals surface area contributed by atoms with Gasteiger partial charge in [0.05, 0.1) is 16.5 Å². The molecule has 0 saturated heterocycles. The number of hydrogen-bond donors (Lipinski definition) is 4. The van der Waals surface area contributed by atoms with E-state index in [-0.39, 0.29) is 23.6 Å². The number of carbonyl (C=O) groups is 3. The van der Waals surface area contributed by atoms with Gasteiger partial charge in [-0.15, -0.1) is 11.3 Å². The minimum Gasteiger partial charge on any atom is -0.481 e. The number of halogens is 2. The molecule has 3 amide bonds. The molecule has 0 spiro atoms. The van der Waals surface area contributed by atoms with Gasteiger partial charge in [-0.05, 0) is 55.5 Å². The van der Waals surface area contributed by atoms with Crippen LogP contribution in [0.25, 0.3) is 10.4 Å². The van der Waals surface area contributed by atoms with E-state index in [1.807, 2.05) is 0 Å². The summed E-state index contributed by atoms with van der Waals surface area (Å²) in [7, 11) is 0. The van der Waals surface area contributed by atoms with Crippen LogP contribution in [-0.4, -0.2) is 34.0 Å². The molecule has 0 bridgehead atoms. The fourth-order valence-electron chi connectivity index (χ4n) is 3.84. The maximum Gasteiger partial charge on any atom is 0.323 e. The summed E-state index contributed by atoms with van der Waals surface area (Å²) in [6, 6.07) is 8.90. The van der Waals surface area contributed by atoms with Crippen molar-refractivity contribution in [2.75, 3.05) is 10.6 Å². The lowest BCUT2D eigenvalue weighted by molar-refractivity contribution is -0.142. The van der Waals surface area contributed by atoms with Gasteiger partial charge < -0.3 is 21.1 Å². The molecule has 1 aliphatic rings. The zero-order chi connectivity index (χ0) is 24.9. The predicted molar refractivity (Wildman–Crippen MR) is 127 cm³/mol. The molecular weight excluding hydrogens is 478 g/mol. The van der Waals surface area contributed by atoms with Crippen molar-refractivity contribution in [3.8, 4) is 10.4 Å². The third kappa shape index (κ3) is 6.18. The van der Waals surface area contributed by atoms with E-state index in [0.717, 1.165) is 22.6 Å². The third-order valence-electron chi connectivity index (χ3n) is 5.72. The van der Waals surface area contributed by atoms with Crippen LogP contribution in [0, 0.1) is 17.6 Å². The van der Waals surface area contributed by atoms with Gasteiger partial charge in [0.25, 0.3) is 5.91 Å². The van der Waals surface area contributed by atoms with Crippen LogP contribution in [0.4, 0.5) is 25.0 Å². The summed E-state index contributed by atoms with van der Waals surface area (Å²) in [5.74, 6) is -3.04. The molecule has 11 heteroatoms. The van der Waals surface area contributed by atoms with Crippen LogP contribution in [0.3, 0.4) is 0 Å². The number of thiazole rings is 1. The van der Waals surface area contributed by atoms with E-state index in [1.54, 1.807) is 30.5 Å². The zero-order valence-corrected chi connectivity index (χ0v) is 19.2. The zero-order valence-electron chi connectivity index (χ0n) is 18.4. The van der Waals surface area contributed by atoms with E-state index >= 15 is 0 Å². The summed E-state index contributed by atoms with van der Waals surface area (Å²) in [5.41, 5.74) is 1.10. The smallest absolute Gasteiger partial charge is 0.323 e. The molecule has 0 radical (unpaired) electrons. The first-order valence-electron chi connectivity index (χ1n) is 10.9. The molecule has 0 aliphatic heterocycles. The van der Waals surface area contributed by atoms with Crippen molar-refractivity contribution in [3.05, 3.63) is 65.3 Å². The van der Waals surface area contributed by atoms with Crippen molar-refractivity contribution in [1.82, 2.24) is 10.3 Å². The number of nitrogens with zero attached hydrogens (tertiary/aromatic N) is 1. The largest absolute Gasteiger partial charge is 0.481 e. The Morgan fingerprint density at radius 2 is 1.69 bits per heavy atom. The van der Waals surface area contributed by atoms with Gasteiger partial charge in [-0.25, -0.2) is 18.6 Å². The Morgan fingerprint density at radius 1 is 0.971 bits per heavy atom. The van der Waals surface area contributed by atoms with Crippen LogP contribution in [0.2, 0.25) is 0 Å². The quantitative estimate of drug-likeness (QED) is 0.375. The Labute approximate surface area is 203 Å². The summed E-state index contributed by atoms with van der Waals surface area (Å²) >= 11 is 1.22. The lowest BCUT2D eigenvalue weighted by Crippen LogP contribution is -2.38. The molecule has 8 nitrogen and oxygen atoms in total. The van der Waals surface area contributed by atoms with Crippen LogP contribution in [0.1, 0.15) is 35.5 Å². The summed E-state index contributed by atoms with van der Waals surface area (Å²) < 4.78 is 26.7. The van der Waals surface area contributed by atoms with Gasteiger partial charge in [0.15, 0.2) is 5.01 Å². The first-order chi connectivity index (χ1) is 16.8. The number of hydrogen-bond acceptors (Lipinski definition) is 5. The maximum absolute atomic E-state index is 13.7. The number of carbonyl (C=O) groups excluding carboxylic acids is 2. The molecular formula is C24H22F2N4O4S. The number of benzene rings is 2. The normalized spacial score (nSPS) is 17.4. The Balaban J connectivity index is 1.32. The number of aromatic nitrogens is 1. The van der Waals surface area contributed by atoms with Gasteiger partial charge in [0.1, 0.15) is 11.6 Å². The highest BCUT2D eigenvalue weighted by Gasteiger charge is 2.27. The van der Waals surface area contributed by atoms with Gasteiger partial charge in [-0.3, -0.25) is 9.59 Å². The van der Waals surface area contributed by atoms with Crippen LogP contribution >= 0.6 is 11.3 Å². The number of carboxylic acid groups (broad SMARTS) is 1. The summed E-state index contributed by atoms with van der Waals surface area (Å²) in [6.07, 6.45) is 3.92. The predicted octanol–water partition coefficient (Wildman–Crippen LogP) is 5.11. The minimum atomic E-state index is -0.881. The van der Waals surface area contributed by atoms with Crippen molar-refractivity contribution < 1.29 is 28.3 Å². The Kier molecular flexibility index (Phi) is 7.35. The molecule has 1 fully saturated rings. The molecule has 1 heterocycles. The number of anilines is 2. The molecule has 2 aromatic carbocycles. The molecule has 35 heavy (non-hydrogen) atoms. The Hall–Kier alpha value is -3.86. The maximum atomic E-state index is 13.7. The standard InChI is InChI=1S/C24H22F2N4O4S/c25-15-5-10-19(18(26)11-15)30-24(34)29-17-6-1-13(2-7-17)20-12-27-22(35-20)21(31)28-16-8-3-14(4-9-16)23(32)33/h1-2,5-7,10-12,14,16H,3-4,8-9H2,(H,28,31)(H,32,33)(H2,29,30,34). The van der Waals surface area contributed by atoms with Gasteiger partial charge in [-0.1, -0.05) is 12.1 Å². The van der Waals surface area contributed by atoms with Crippen LogP contribution in [0.15, 0.2) is 48.7 Å². The van der Waals surface area contributed by atoms with Gasteiger partial charge in [0.2, 0.25) is 0 Å². The second-order valence-corrected chi connectivity index (χ2v) is 9.20. The molecule has 4 rings (SSSR count). The second kappa shape index (κ2) is 10.6. The van der Waals surface area contributed by atoms with Crippen LogP contribution in [0.5, 0.6) is 0 Å². The number of rotatable bonds is 6. The molecule has 0 atom stereocenters. The van der Waals surface area contributed by atoms with Gasteiger partial charge >= 0.3 is 12.0 Å². The molecule has 1 aliphatic carbocycles. The minimum absolute atomic E-state index is 0.0645. The molecule has 1 saturated carbocycles. The average Bonchev–Trinajstić information content (AvgIpc) is 3.32. The molecule has 182 valence electrons. The number of carboxylic acids is 1. The molecule has 3 aromatic rings. The number of nitrogens with one attached hydrogen (secondary N) is 3. The third-order valence-corrected chi connectivity index (χ3v) is 6.76. The Bertz CT molecular complexity index is 1240. The van der Waals surface area contributed by atoms with Crippen molar-refractivity contribution in [1.29, 1.82) is 0 Å². The van der Waals surface area contributed by atoms with Crippen molar-refractivity contribution in [2.45, 2.75) is 31.7 Å². The molecule has 0 unspecified atom stereocenters. The summed E-state index contributed by atoms with van der Waals surface area (Å²) in [6.45, 7) is 0. The number of aliphatic carboxylic acids is 1.